The summed E-state index contributed by atoms with van der Waals surface area (Å²) in [6.07, 6.45) is 2.30. The normalized spacial score (nSPS) is 20.3. The number of urea groups is 1. The number of carbonyl (C=O) groups excluding carboxylic acids is 1. The Morgan fingerprint density at radius 3 is 2.88 bits per heavy atom. The van der Waals surface area contributed by atoms with Crippen molar-refractivity contribution in [2.24, 2.45) is 11.8 Å². The van der Waals surface area contributed by atoms with Crippen LogP contribution in [0.5, 0.6) is 0 Å². The van der Waals surface area contributed by atoms with E-state index in [0.717, 1.165) is 11.3 Å². The number of rotatable bonds is 3. The average Bonchev–Trinajstić information content (AvgIpc) is 3.01. The molecular formula is C18H21N3O3S. The Balaban J connectivity index is 1.78. The molecule has 3 heterocycles. The van der Waals surface area contributed by atoms with Gasteiger partial charge in [0.05, 0.1) is 17.3 Å². The SMILES string of the molecule is Cc1cc(-c2ncccc2NC(=O)N2CC(C)CC(C(=O)O)C2)cs1. The zero-order valence-corrected chi connectivity index (χ0v) is 15.0. The third-order valence-corrected chi connectivity index (χ3v) is 5.21. The highest BCUT2D eigenvalue weighted by atomic mass is 32.1. The first-order chi connectivity index (χ1) is 11.9. The van der Waals surface area contributed by atoms with E-state index in [9.17, 15) is 14.7 Å². The van der Waals surface area contributed by atoms with Gasteiger partial charge in [0.2, 0.25) is 0 Å². The molecule has 1 aliphatic rings. The fourth-order valence-corrected chi connectivity index (χ4v) is 3.88. The molecule has 0 spiro atoms. The Labute approximate surface area is 150 Å². The largest absolute Gasteiger partial charge is 0.481 e. The Morgan fingerprint density at radius 1 is 1.40 bits per heavy atom. The molecule has 0 aromatic carbocycles. The van der Waals surface area contributed by atoms with E-state index in [4.69, 9.17) is 0 Å². The van der Waals surface area contributed by atoms with Gasteiger partial charge in [0.25, 0.3) is 0 Å². The number of carboxylic acids is 1. The maximum absolute atomic E-state index is 12.7. The van der Waals surface area contributed by atoms with Gasteiger partial charge in [-0.15, -0.1) is 11.3 Å². The monoisotopic (exact) mass is 359 g/mol. The number of piperidine rings is 1. The standard InChI is InChI=1S/C18H21N3O3S/c1-11-6-13(17(22)23)9-21(8-11)18(24)20-15-4-3-5-19-16(15)14-7-12(2)25-10-14/h3-5,7,10-11,13H,6,8-9H2,1-2H3,(H,20,24)(H,22,23). The quantitative estimate of drug-likeness (QED) is 0.875. The van der Waals surface area contributed by atoms with Crippen molar-refractivity contribution in [2.45, 2.75) is 20.3 Å². The lowest BCUT2D eigenvalue weighted by Crippen LogP contribution is -2.47. The first-order valence-corrected chi connectivity index (χ1v) is 9.11. The van der Waals surface area contributed by atoms with Crippen LogP contribution in [0.15, 0.2) is 29.8 Å². The Hall–Kier alpha value is -2.41. The molecule has 2 N–H and O–H groups in total. The molecular weight excluding hydrogens is 338 g/mol. The Bertz CT molecular complexity index is 789. The van der Waals surface area contributed by atoms with Crippen molar-refractivity contribution in [2.75, 3.05) is 18.4 Å². The second-order valence-corrected chi connectivity index (χ2v) is 7.67. The predicted octanol–water partition coefficient (Wildman–Crippen LogP) is 3.69. The third-order valence-electron chi connectivity index (χ3n) is 4.35. The van der Waals surface area contributed by atoms with E-state index in [0.29, 0.717) is 18.7 Å². The lowest BCUT2D eigenvalue weighted by Gasteiger charge is -2.34. The third kappa shape index (κ3) is 3.99. The maximum atomic E-state index is 12.7. The maximum Gasteiger partial charge on any atom is 0.321 e. The lowest BCUT2D eigenvalue weighted by atomic mass is 9.91. The zero-order chi connectivity index (χ0) is 18.0. The van der Waals surface area contributed by atoms with E-state index < -0.39 is 11.9 Å². The van der Waals surface area contributed by atoms with Crippen molar-refractivity contribution >= 4 is 29.0 Å². The lowest BCUT2D eigenvalue weighted by molar-refractivity contribution is -0.143. The summed E-state index contributed by atoms with van der Waals surface area (Å²) in [5, 5.41) is 14.2. The van der Waals surface area contributed by atoms with Crippen LogP contribution in [0.1, 0.15) is 18.2 Å². The van der Waals surface area contributed by atoms with Crippen LogP contribution in [0, 0.1) is 18.8 Å². The number of hydrogen-bond acceptors (Lipinski definition) is 4. The number of thiophene rings is 1. The number of pyridine rings is 1. The van der Waals surface area contributed by atoms with Gasteiger partial charge < -0.3 is 15.3 Å². The van der Waals surface area contributed by atoms with E-state index in [1.807, 2.05) is 31.4 Å². The summed E-state index contributed by atoms with van der Waals surface area (Å²) >= 11 is 1.63. The van der Waals surface area contributed by atoms with Crippen molar-refractivity contribution in [1.29, 1.82) is 0 Å². The predicted molar refractivity (Wildman–Crippen MR) is 97.8 cm³/mol. The summed E-state index contributed by atoms with van der Waals surface area (Å²) in [7, 11) is 0. The van der Waals surface area contributed by atoms with Crippen molar-refractivity contribution in [3.8, 4) is 11.3 Å². The molecule has 7 heteroatoms. The topological polar surface area (TPSA) is 82.5 Å². The number of aromatic nitrogens is 1. The van der Waals surface area contributed by atoms with Crippen LogP contribution < -0.4 is 5.32 Å². The van der Waals surface area contributed by atoms with Crippen LogP contribution >= 0.6 is 11.3 Å². The van der Waals surface area contributed by atoms with Gasteiger partial charge in [-0.3, -0.25) is 9.78 Å². The molecule has 3 rings (SSSR count). The second kappa shape index (κ2) is 7.23. The van der Waals surface area contributed by atoms with Crippen molar-refractivity contribution in [1.82, 2.24) is 9.88 Å². The van der Waals surface area contributed by atoms with Crippen LogP contribution in [0.4, 0.5) is 10.5 Å². The molecule has 25 heavy (non-hydrogen) atoms. The van der Waals surface area contributed by atoms with E-state index in [1.165, 1.54) is 4.88 Å². The minimum absolute atomic E-state index is 0.161. The van der Waals surface area contributed by atoms with Crippen molar-refractivity contribution in [3.05, 3.63) is 34.7 Å². The molecule has 6 nitrogen and oxygen atoms in total. The Morgan fingerprint density at radius 2 is 2.20 bits per heavy atom. The van der Waals surface area contributed by atoms with Gasteiger partial charge in [-0.05, 0) is 37.5 Å². The molecule has 2 aromatic heterocycles. The number of carboxylic acid groups (broad SMARTS) is 1. The summed E-state index contributed by atoms with van der Waals surface area (Å²) in [5.74, 6) is -1.20. The number of nitrogens with zero attached hydrogens (tertiary/aromatic N) is 2. The second-order valence-electron chi connectivity index (χ2n) is 6.56. The minimum atomic E-state index is -0.847. The summed E-state index contributed by atoms with van der Waals surface area (Å²) in [6, 6.07) is 5.34. The highest BCUT2D eigenvalue weighted by molar-refractivity contribution is 7.10. The summed E-state index contributed by atoms with van der Waals surface area (Å²) in [5.41, 5.74) is 2.32. The molecule has 0 aliphatic carbocycles. The van der Waals surface area contributed by atoms with E-state index in [1.54, 1.807) is 28.5 Å². The fourth-order valence-electron chi connectivity index (χ4n) is 3.19. The number of hydrogen-bond donors (Lipinski definition) is 2. The fraction of sp³-hybridized carbons (Fsp3) is 0.389. The molecule has 0 radical (unpaired) electrons. The van der Waals surface area contributed by atoms with Crippen LogP contribution in [0.2, 0.25) is 0 Å². The molecule has 0 bridgehead atoms. The van der Waals surface area contributed by atoms with Gasteiger partial charge in [-0.25, -0.2) is 4.79 Å². The van der Waals surface area contributed by atoms with Gasteiger partial charge >= 0.3 is 12.0 Å². The van der Waals surface area contributed by atoms with Crippen molar-refractivity contribution < 1.29 is 14.7 Å². The highest BCUT2D eigenvalue weighted by Gasteiger charge is 2.32. The number of likely N-dealkylation sites (tertiary alicyclic amines) is 1. The van der Waals surface area contributed by atoms with Crippen LogP contribution in [0.3, 0.4) is 0 Å². The van der Waals surface area contributed by atoms with Gasteiger partial charge in [0.15, 0.2) is 0 Å². The van der Waals surface area contributed by atoms with Gasteiger partial charge in [0, 0.05) is 35.1 Å². The van der Waals surface area contributed by atoms with Crippen LogP contribution in [0.25, 0.3) is 11.3 Å². The van der Waals surface area contributed by atoms with Crippen LogP contribution in [-0.2, 0) is 4.79 Å². The molecule has 2 unspecified atom stereocenters. The number of amides is 2. The number of aliphatic carboxylic acids is 1. The molecule has 1 saturated heterocycles. The molecule has 0 saturated carbocycles. The molecule has 1 aliphatic heterocycles. The van der Waals surface area contributed by atoms with E-state index >= 15 is 0 Å². The Kier molecular flexibility index (Phi) is 5.03. The number of anilines is 1. The summed E-state index contributed by atoms with van der Waals surface area (Å²) in [6.45, 7) is 4.79. The molecule has 132 valence electrons. The summed E-state index contributed by atoms with van der Waals surface area (Å²) in [4.78, 5) is 31.1. The number of nitrogens with one attached hydrogen (secondary N) is 1. The van der Waals surface area contributed by atoms with Gasteiger partial charge in [-0.1, -0.05) is 6.92 Å². The molecule has 1 fully saturated rings. The molecule has 2 amide bonds. The molecule has 2 atom stereocenters. The number of aryl methyl sites for hydroxylation is 1. The smallest absolute Gasteiger partial charge is 0.321 e. The minimum Gasteiger partial charge on any atom is -0.481 e. The van der Waals surface area contributed by atoms with Crippen molar-refractivity contribution in [3.63, 3.8) is 0 Å². The van der Waals surface area contributed by atoms with Gasteiger partial charge in [-0.2, -0.15) is 0 Å². The number of carbonyl (C=O) groups is 2. The van der Waals surface area contributed by atoms with E-state index in [-0.39, 0.29) is 18.5 Å². The van der Waals surface area contributed by atoms with Gasteiger partial charge in [0.1, 0.15) is 0 Å². The van der Waals surface area contributed by atoms with E-state index in [2.05, 4.69) is 10.3 Å². The highest BCUT2D eigenvalue weighted by Crippen LogP contribution is 2.30. The summed E-state index contributed by atoms with van der Waals surface area (Å²) < 4.78 is 0. The van der Waals surface area contributed by atoms with Crippen LogP contribution in [-0.4, -0.2) is 40.1 Å². The first-order valence-electron chi connectivity index (χ1n) is 8.23. The zero-order valence-electron chi connectivity index (χ0n) is 14.2. The first kappa shape index (κ1) is 17.4. The average molecular weight is 359 g/mol. The molecule has 2 aromatic rings.